The molecular formula is C28H39N7O7. The van der Waals surface area contributed by atoms with Crippen LogP contribution in [0.3, 0.4) is 0 Å². The number of phenols is 1. The lowest BCUT2D eigenvalue weighted by atomic mass is 10.0. The number of amides is 3. The molecule has 5 atom stereocenters. The number of rotatable bonds is 16. The van der Waals surface area contributed by atoms with Crippen molar-refractivity contribution in [2.45, 2.75) is 62.9 Å². The molecule has 0 aliphatic heterocycles. The number of aliphatic hydroxyl groups excluding tert-OH is 1. The predicted octanol–water partition coefficient (Wildman–Crippen LogP) is -1.52. The molecule has 14 heteroatoms. The van der Waals surface area contributed by atoms with Gasteiger partial charge in [-0.25, -0.2) is 4.79 Å². The average Bonchev–Trinajstić information content (AvgIpc) is 2.94. The molecule has 0 spiro atoms. The summed E-state index contributed by atoms with van der Waals surface area (Å²) < 4.78 is 0. The Bertz CT molecular complexity index is 1220. The SMILES string of the molecule is CC(O)C(N)C(=O)NC(Cc1ccc(O)cc1)C(=O)NC(Cc1ccccc1)C(=O)NC(CCCN=C(N)N)C(=O)O. The van der Waals surface area contributed by atoms with E-state index in [-0.39, 0.29) is 43.9 Å². The summed E-state index contributed by atoms with van der Waals surface area (Å²) >= 11 is 0. The van der Waals surface area contributed by atoms with Gasteiger partial charge in [-0.3, -0.25) is 19.4 Å². The Hall–Kier alpha value is -4.69. The molecule has 12 N–H and O–H groups in total. The third-order valence-electron chi connectivity index (χ3n) is 6.31. The molecule has 14 nitrogen and oxygen atoms in total. The van der Waals surface area contributed by atoms with Gasteiger partial charge in [-0.1, -0.05) is 42.5 Å². The molecule has 0 radical (unpaired) electrons. The summed E-state index contributed by atoms with van der Waals surface area (Å²) in [5.74, 6) is -3.70. The Balaban J connectivity index is 2.29. The Kier molecular flexibility index (Phi) is 13.2. The van der Waals surface area contributed by atoms with E-state index in [0.29, 0.717) is 11.1 Å². The number of carboxylic acid groups (broad SMARTS) is 1. The third kappa shape index (κ3) is 11.4. The van der Waals surface area contributed by atoms with Gasteiger partial charge >= 0.3 is 5.97 Å². The number of guanidine groups is 1. The monoisotopic (exact) mass is 585 g/mol. The van der Waals surface area contributed by atoms with E-state index < -0.39 is 54.0 Å². The van der Waals surface area contributed by atoms with Gasteiger partial charge in [0.2, 0.25) is 17.7 Å². The number of carbonyl (C=O) groups excluding carboxylic acids is 3. The van der Waals surface area contributed by atoms with Crippen LogP contribution < -0.4 is 33.2 Å². The smallest absolute Gasteiger partial charge is 0.326 e. The van der Waals surface area contributed by atoms with Crippen molar-refractivity contribution in [3.05, 3.63) is 65.7 Å². The molecule has 0 aromatic heterocycles. The van der Waals surface area contributed by atoms with Gasteiger partial charge in [0.05, 0.1) is 6.10 Å². The minimum Gasteiger partial charge on any atom is -0.508 e. The van der Waals surface area contributed by atoms with Crippen molar-refractivity contribution in [1.82, 2.24) is 16.0 Å². The van der Waals surface area contributed by atoms with E-state index in [1.54, 1.807) is 42.5 Å². The fraction of sp³-hybridized carbons (Fsp3) is 0.393. The molecule has 0 saturated heterocycles. The molecule has 0 aliphatic rings. The number of carbonyl (C=O) groups is 4. The van der Waals surface area contributed by atoms with E-state index in [9.17, 15) is 34.5 Å². The number of benzene rings is 2. The number of nitrogens with zero attached hydrogens (tertiary/aromatic N) is 1. The Morgan fingerprint density at radius 2 is 1.31 bits per heavy atom. The Labute approximate surface area is 243 Å². The van der Waals surface area contributed by atoms with Crippen LogP contribution >= 0.6 is 0 Å². The second kappa shape index (κ2) is 16.5. The zero-order chi connectivity index (χ0) is 31.2. The highest BCUT2D eigenvalue weighted by molar-refractivity contribution is 5.94. The van der Waals surface area contributed by atoms with Crippen molar-refractivity contribution in [3.8, 4) is 5.75 Å². The largest absolute Gasteiger partial charge is 0.508 e. The maximum Gasteiger partial charge on any atom is 0.326 e. The maximum atomic E-state index is 13.5. The predicted molar refractivity (Wildman–Crippen MR) is 155 cm³/mol. The number of hydrogen-bond donors (Lipinski definition) is 9. The number of hydrogen-bond acceptors (Lipinski definition) is 8. The highest BCUT2D eigenvalue weighted by atomic mass is 16.4. The van der Waals surface area contributed by atoms with Gasteiger partial charge < -0.3 is 48.5 Å². The van der Waals surface area contributed by atoms with E-state index in [0.717, 1.165) is 0 Å². The van der Waals surface area contributed by atoms with E-state index in [4.69, 9.17) is 17.2 Å². The zero-order valence-corrected chi connectivity index (χ0v) is 23.3. The first-order chi connectivity index (χ1) is 19.9. The number of nitrogens with two attached hydrogens (primary N) is 3. The lowest BCUT2D eigenvalue weighted by Crippen LogP contribution is -2.59. The van der Waals surface area contributed by atoms with Gasteiger partial charge in [0, 0.05) is 19.4 Å². The van der Waals surface area contributed by atoms with Crippen LogP contribution in [0.1, 0.15) is 30.9 Å². The van der Waals surface area contributed by atoms with Crippen LogP contribution in [0.2, 0.25) is 0 Å². The van der Waals surface area contributed by atoms with Crippen LogP contribution in [0.15, 0.2) is 59.6 Å². The van der Waals surface area contributed by atoms with Crippen LogP contribution in [-0.4, -0.2) is 81.8 Å². The number of carboxylic acids is 1. The molecule has 42 heavy (non-hydrogen) atoms. The van der Waals surface area contributed by atoms with E-state index >= 15 is 0 Å². The molecule has 0 saturated carbocycles. The molecule has 2 aromatic rings. The summed E-state index contributed by atoms with van der Waals surface area (Å²) in [7, 11) is 0. The topological polar surface area (TPSA) is 255 Å². The molecule has 2 aromatic carbocycles. The number of nitrogens with one attached hydrogen (secondary N) is 3. The molecule has 2 rings (SSSR count). The van der Waals surface area contributed by atoms with Crippen LogP contribution in [0.4, 0.5) is 0 Å². The van der Waals surface area contributed by atoms with Crippen molar-refractivity contribution in [2.75, 3.05) is 6.54 Å². The van der Waals surface area contributed by atoms with Gasteiger partial charge in [-0.15, -0.1) is 0 Å². The lowest BCUT2D eigenvalue weighted by molar-refractivity contribution is -0.142. The van der Waals surface area contributed by atoms with Gasteiger partial charge in [0.15, 0.2) is 5.96 Å². The fourth-order valence-corrected chi connectivity index (χ4v) is 3.93. The number of aliphatic carboxylic acids is 1. The third-order valence-corrected chi connectivity index (χ3v) is 6.31. The first-order valence-electron chi connectivity index (χ1n) is 13.3. The minimum absolute atomic E-state index is 0.00537. The fourth-order valence-electron chi connectivity index (χ4n) is 3.93. The van der Waals surface area contributed by atoms with Crippen molar-refractivity contribution in [3.63, 3.8) is 0 Å². The number of aliphatic imine (C=N–C) groups is 1. The van der Waals surface area contributed by atoms with Crippen LogP contribution in [0.25, 0.3) is 0 Å². The minimum atomic E-state index is -1.32. The molecule has 0 bridgehead atoms. The van der Waals surface area contributed by atoms with Crippen molar-refractivity contribution >= 4 is 29.7 Å². The van der Waals surface area contributed by atoms with E-state index in [1.165, 1.54) is 19.1 Å². The van der Waals surface area contributed by atoms with Crippen molar-refractivity contribution in [1.29, 1.82) is 0 Å². The van der Waals surface area contributed by atoms with Crippen LogP contribution in [0.5, 0.6) is 5.75 Å². The highest BCUT2D eigenvalue weighted by Gasteiger charge is 2.31. The molecule has 0 aliphatic carbocycles. The average molecular weight is 586 g/mol. The summed E-state index contributed by atoms with van der Waals surface area (Å²) in [6, 6.07) is 9.67. The molecule has 228 valence electrons. The first-order valence-corrected chi connectivity index (χ1v) is 13.3. The van der Waals surface area contributed by atoms with Gasteiger partial charge in [0.1, 0.15) is 29.9 Å². The quantitative estimate of drug-likeness (QED) is 0.0624. The Morgan fingerprint density at radius 3 is 1.81 bits per heavy atom. The van der Waals surface area contributed by atoms with Gasteiger partial charge in [-0.05, 0) is 43.0 Å². The summed E-state index contributed by atoms with van der Waals surface area (Å²) in [5, 5.41) is 36.6. The summed E-state index contributed by atoms with van der Waals surface area (Å²) in [5.41, 5.74) is 17.6. The standard InChI is InChI=1S/C28H39N7O7/c1-16(36)23(29)26(40)35-22(15-18-9-11-19(37)12-10-18)25(39)34-21(14-17-6-3-2-4-7-17)24(38)33-20(27(41)42)8-5-13-32-28(30)31/h2-4,6-7,9-12,16,20-23,36-37H,5,8,13-15,29H2,1H3,(H,33,38)(H,34,39)(H,35,40)(H,41,42)(H4,30,31,32). The van der Waals surface area contributed by atoms with Crippen LogP contribution in [-0.2, 0) is 32.0 Å². The van der Waals surface area contributed by atoms with E-state index in [2.05, 4.69) is 20.9 Å². The number of aromatic hydroxyl groups is 1. The lowest BCUT2D eigenvalue weighted by Gasteiger charge is -2.26. The number of aliphatic hydroxyl groups is 1. The van der Waals surface area contributed by atoms with Crippen molar-refractivity contribution in [2.24, 2.45) is 22.2 Å². The molecule has 0 fully saturated rings. The first kappa shape index (κ1) is 33.5. The Morgan fingerprint density at radius 1 is 0.810 bits per heavy atom. The van der Waals surface area contributed by atoms with Gasteiger partial charge in [-0.2, -0.15) is 0 Å². The summed E-state index contributed by atoms with van der Waals surface area (Å²) in [4.78, 5) is 55.2. The molecule has 3 amide bonds. The molecule has 0 heterocycles. The van der Waals surface area contributed by atoms with Crippen LogP contribution in [0, 0.1) is 0 Å². The number of phenolic OH excluding ortho intramolecular Hbond substituents is 1. The van der Waals surface area contributed by atoms with Crippen molar-refractivity contribution < 1.29 is 34.5 Å². The maximum absolute atomic E-state index is 13.5. The zero-order valence-electron chi connectivity index (χ0n) is 23.3. The van der Waals surface area contributed by atoms with Gasteiger partial charge in [0.25, 0.3) is 0 Å². The van der Waals surface area contributed by atoms with E-state index in [1.807, 2.05) is 0 Å². The normalized spacial score (nSPS) is 14.4. The highest BCUT2D eigenvalue weighted by Crippen LogP contribution is 2.13. The second-order valence-corrected chi connectivity index (χ2v) is 9.80. The summed E-state index contributed by atoms with van der Waals surface area (Å²) in [6.45, 7) is 1.50. The second-order valence-electron chi connectivity index (χ2n) is 9.80. The summed E-state index contributed by atoms with van der Waals surface area (Å²) in [6.07, 6.45) is -0.910. The molecule has 5 unspecified atom stereocenters. The molecular weight excluding hydrogens is 546 g/mol.